The second-order valence-corrected chi connectivity index (χ2v) is 4.52. The van der Waals surface area contributed by atoms with Crippen LogP contribution in [0, 0.1) is 0 Å². The maximum atomic E-state index is 12.4. The fourth-order valence-electron chi connectivity index (χ4n) is 2.37. The van der Waals surface area contributed by atoms with Crippen LogP contribution < -0.4 is 15.7 Å². The van der Waals surface area contributed by atoms with Crippen molar-refractivity contribution in [1.82, 2.24) is 0 Å². The van der Waals surface area contributed by atoms with E-state index in [0.717, 1.165) is 4.90 Å². The van der Waals surface area contributed by atoms with Crippen molar-refractivity contribution in [3.63, 3.8) is 0 Å². The van der Waals surface area contributed by atoms with E-state index in [1.807, 2.05) is 0 Å². The molecule has 0 fully saturated rings. The Morgan fingerprint density at radius 1 is 1.00 bits per heavy atom. The average Bonchev–Trinajstić information content (AvgIpc) is 2.72. The number of nitrogens with two attached hydrogens (primary N) is 1. The molecule has 21 heavy (non-hydrogen) atoms. The second kappa shape index (κ2) is 4.45. The van der Waals surface area contributed by atoms with Crippen molar-refractivity contribution in [3.05, 3.63) is 59.2 Å². The second-order valence-electron chi connectivity index (χ2n) is 4.52. The fourth-order valence-corrected chi connectivity index (χ4v) is 2.37. The maximum absolute atomic E-state index is 12.4. The number of hydrogen-bond acceptors (Lipinski definition) is 5. The van der Waals surface area contributed by atoms with Crippen LogP contribution in [0.4, 0.5) is 11.4 Å². The third kappa shape index (κ3) is 1.77. The summed E-state index contributed by atoms with van der Waals surface area (Å²) in [6, 6.07) is 10.2. The number of amides is 2. The molecule has 3 rings (SSSR count). The number of carbonyl (C=O) groups excluding carboxylic acids is 3. The monoisotopic (exact) mass is 281 g/mol. The Labute approximate surface area is 119 Å². The van der Waals surface area contributed by atoms with Gasteiger partial charge in [-0.05, 0) is 18.2 Å². The maximum Gasteiger partial charge on any atom is 0.268 e. The Kier molecular flexibility index (Phi) is 2.72. The minimum Gasteiger partial charge on any atom is -0.545 e. The van der Waals surface area contributed by atoms with Crippen LogP contribution in [0.25, 0.3) is 0 Å². The van der Waals surface area contributed by atoms with Crippen molar-refractivity contribution < 1.29 is 19.5 Å². The molecule has 0 aromatic heterocycles. The molecular formula is C15H9N2O4-. The standard InChI is InChI=1S/C15H10N2O4/c16-10-6-3-5-9-12(10)14(19)17(13(9)18)11-7-2-1-4-8(11)15(20)21/h1-7H,16H2,(H,20,21)/p-1. The zero-order valence-electron chi connectivity index (χ0n) is 10.7. The van der Waals surface area contributed by atoms with Gasteiger partial charge in [-0.1, -0.05) is 24.3 Å². The zero-order chi connectivity index (χ0) is 15.1. The quantitative estimate of drug-likeness (QED) is 0.635. The van der Waals surface area contributed by atoms with Gasteiger partial charge in [0.05, 0.1) is 22.8 Å². The normalized spacial score (nSPS) is 13.4. The summed E-state index contributed by atoms with van der Waals surface area (Å²) < 4.78 is 0. The molecule has 0 atom stereocenters. The highest BCUT2D eigenvalue weighted by Crippen LogP contribution is 2.33. The van der Waals surface area contributed by atoms with E-state index in [4.69, 9.17) is 5.73 Å². The SMILES string of the molecule is Nc1cccc2c1C(=O)N(c1ccccc1C(=O)[O-])C2=O. The van der Waals surface area contributed by atoms with Gasteiger partial charge in [-0.15, -0.1) is 0 Å². The summed E-state index contributed by atoms with van der Waals surface area (Å²) in [7, 11) is 0. The van der Waals surface area contributed by atoms with Gasteiger partial charge in [0.1, 0.15) is 0 Å². The number of nitrogen functional groups attached to an aromatic ring is 1. The first-order valence-electron chi connectivity index (χ1n) is 6.10. The third-order valence-corrected chi connectivity index (χ3v) is 3.31. The number of fused-ring (bicyclic) bond motifs is 1. The number of nitrogens with zero attached hydrogens (tertiary/aromatic N) is 1. The van der Waals surface area contributed by atoms with E-state index in [9.17, 15) is 19.5 Å². The van der Waals surface area contributed by atoms with Gasteiger partial charge in [0.25, 0.3) is 11.8 Å². The number of aromatic carboxylic acids is 1. The van der Waals surface area contributed by atoms with Crippen LogP contribution in [0.5, 0.6) is 0 Å². The number of carboxylic acid groups (broad SMARTS) is 1. The van der Waals surface area contributed by atoms with Crippen molar-refractivity contribution >= 4 is 29.2 Å². The van der Waals surface area contributed by atoms with Gasteiger partial charge in [-0.25, -0.2) is 4.90 Å². The lowest BCUT2D eigenvalue weighted by Crippen LogP contribution is -2.33. The molecule has 0 saturated carbocycles. The summed E-state index contributed by atoms with van der Waals surface area (Å²) in [5.74, 6) is -2.70. The van der Waals surface area contributed by atoms with Gasteiger partial charge in [0, 0.05) is 11.3 Å². The lowest BCUT2D eigenvalue weighted by atomic mass is 10.1. The van der Waals surface area contributed by atoms with E-state index < -0.39 is 17.8 Å². The van der Waals surface area contributed by atoms with Crippen molar-refractivity contribution in [2.45, 2.75) is 0 Å². The van der Waals surface area contributed by atoms with Gasteiger partial charge >= 0.3 is 0 Å². The molecule has 6 heteroatoms. The highest BCUT2D eigenvalue weighted by Gasteiger charge is 2.38. The summed E-state index contributed by atoms with van der Waals surface area (Å²) in [5, 5.41) is 11.1. The molecule has 6 nitrogen and oxygen atoms in total. The summed E-state index contributed by atoms with van der Waals surface area (Å²) in [6.07, 6.45) is 0. The summed E-state index contributed by atoms with van der Waals surface area (Å²) in [4.78, 5) is 36.7. The molecule has 2 amide bonds. The Morgan fingerprint density at radius 3 is 2.38 bits per heavy atom. The van der Waals surface area contributed by atoms with Crippen LogP contribution >= 0.6 is 0 Å². The number of para-hydroxylation sites is 1. The first-order chi connectivity index (χ1) is 10.0. The Balaban J connectivity index is 2.20. The van der Waals surface area contributed by atoms with E-state index in [2.05, 4.69) is 0 Å². The molecule has 0 unspecified atom stereocenters. The summed E-state index contributed by atoms with van der Waals surface area (Å²) in [6.45, 7) is 0. The van der Waals surface area contributed by atoms with Crippen LogP contribution in [0.1, 0.15) is 31.1 Å². The van der Waals surface area contributed by atoms with E-state index in [1.54, 1.807) is 6.07 Å². The average molecular weight is 281 g/mol. The minimum absolute atomic E-state index is 0.0249. The van der Waals surface area contributed by atoms with Gasteiger partial charge in [0.2, 0.25) is 0 Å². The highest BCUT2D eigenvalue weighted by atomic mass is 16.4. The van der Waals surface area contributed by atoms with Gasteiger partial charge < -0.3 is 15.6 Å². The lowest BCUT2D eigenvalue weighted by Gasteiger charge is -2.18. The molecular weight excluding hydrogens is 272 g/mol. The molecule has 104 valence electrons. The third-order valence-electron chi connectivity index (χ3n) is 3.31. The molecule has 2 aromatic rings. The summed E-state index contributed by atoms with van der Waals surface area (Å²) in [5.41, 5.74) is 5.91. The van der Waals surface area contributed by atoms with Crippen LogP contribution in [-0.2, 0) is 0 Å². The van der Waals surface area contributed by atoms with E-state index in [-0.39, 0.29) is 28.1 Å². The van der Waals surface area contributed by atoms with E-state index in [0.29, 0.717) is 0 Å². The predicted octanol–water partition coefficient (Wildman–Crippen LogP) is 0.433. The first-order valence-corrected chi connectivity index (χ1v) is 6.10. The van der Waals surface area contributed by atoms with Crippen LogP contribution in [0.2, 0.25) is 0 Å². The Morgan fingerprint density at radius 2 is 1.71 bits per heavy atom. The fraction of sp³-hybridized carbons (Fsp3) is 0. The van der Waals surface area contributed by atoms with Crippen molar-refractivity contribution in [2.24, 2.45) is 0 Å². The molecule has 2 N–H and O–H groups in total. The summed E-state index contributed by atoms with van der Waals surface area (Å²) >= 11 is 0. The number of rotatable bonds is 2. The van der Waals surface area contributed by atoms with Crippen LogP contribution in [0.3, 0.4) is 0 Å². The van der Waals surface area contributed by atoms with Gasteiger partial charge in [0.15, 0.2) is 0 Å². The molecule has 1 heterocycles. The van der Waals surface area contributed by atoms with Crippen molar-refractivity contribution in [1.29, 1.82) is 0 Å². The van der Waals surface area contributed by atoms with Crippen molar-refractivity contribution in [2.75, 3.05) is 10.6 Å². The molecule has 0 aliphatic carbocycles. The molecule has 2 aromatic carbocycles. The largest absolute Gasteiger partial charge is 0.545 e. The lowest BCUT2D eigenvalue weighted by molar-refractivity contribution is -0.254. The number of anilines is 2. The molecule has 0 spiro atoms. The number of carbonyl (C=O) groups is 3. The van der Waals surface area contributed by atoms with Gasteiger partial charge in [-0.2, -0.15) is 0 Å². The molecule has 0 radical (unpaired) electrons. The van der Waals surface area contributed by atoms with E-state index in [1.165, 1.54) is 36.4 Å². The molecule has 1 aliphatic heterocycles. The smallest absolute Gasteiger partial charge is 0.268 e. The van der Waals surface area contributed by atoms with Crippen molar-refractivity contribution in [3.8, 4) is 0 Å². The van der Waals surface area contributed by atoms with Crippen LogP contribution in [-0.4, -0.2) is 17.8 Å². The Hall–Kier alpha value is -3.15. The highest BCUT2D eigenvalue weighted by molar-refractivity contribution is 6.36. The van der Waals surface area contributed by atoms with Crippen LogP contribution in [0.15, 0.2) is 42.5 Å². The minimum atomic E-state index is -1.46. The predicted molar refractivity (Wildman–Crippen MR) is 72.8 cm³/mol. The zero-order valence-corrected chi connectivity index (χ0v) is 10.7. The first kappa shape index (κ1) is 12.9. The topological polar surface area (TPSA) is 104 Å². The van der Waals surface area contributed by atoms with E-state index >= 15 is 0 Å². The number of imide groups is 1. The molecule has 1 aliphatic rings. The molecule has 0 bridgehead atoms. The Bertz CT molecular complexity index is 798. The van der Waals surface area contributed by atoms with Gasteiger partial charge in [-0.3, -0.25) is 9.59 Å². The number of hydrogen-bond donors (Lipinski definition) is 1. The molecule has 0 saturated heterocycles. The number of benzene rings is 2. The number of carboxylic acids is 1.